The van der Waals surface area contributed by atoms with E-state index in [0.717, 1.165) is 6.20 Å². The molecular weight excluding hydrogens is 220 g/mol. The van der Waals surface area contributed by atoms with Gasteiger partial charge >= 0.3 is 6.20 Å². The topological polar surface area (TPSA) is 82.5 Å². The zero-order valence-corrected chi connectivity index (χ0v) is 9.24. The van der Waals surface area contributed by atoms with Gasteiger partial charge in [-0.25, -0.2) is 0 Å². The molecule has 17 heavy (non-hydrogen) atoms. The molecule has 4 saturated carbocycles. The maximum Gasteiger partial charge on any atom is 0.387 e. The number of diazo groups is 1. The number of rotatable bonds is 1. The third-order valence-corrected chi connectivity index (χ3v) is 4.58. The Kier molecular flexibility index (Phi) is 2.09. The average Bonchev–Trinajstić information content (AvgIpc) is 2.27. The molecule has 0 amide bonds. The minimum absolute atomic E-state index is 0.0107. The van der Waals surface area contributed by atoms with E-state index in [1.54, 1.807) is 0 Å². The van der Waals surface area contributed by atoms with Gasteiger partial charge in [0.2, 0.25) is 5.39 Å². The standard InChI is InChI=1S/C12H12N2O3/c13-14-4-9(15)10-7-2-5-1-6(12(7)17)3-8(10)11(5)16/h4-8,10H,1-3H2/p+1/b9-4+. The lowest BCUT2D eigenvalue weighted by Crippen LogP contribution is -2.56. The van der Waals surface area contributed by atoms with Crippen LogP contribution in [-0.4, -0.2) is 16.7 Å². The van der Waals surface area contributed by atoms with Crippen molar-refractivity contribution in [3.8, 4) is 0 Å². The van der Waals surface area contributed by atoms with Gasteiger partial charge in [-0.05, 0) is 19.3 Å². The fourth-order valence-corrected chi connectivity index (χ4v) is 3.94. The van der Waals surface area contributed by atoms with Crippen LogP contribution in [-0.2, 0) is 9.59 Å². The third-order valence-electron chi connectivity index (χ3n) is 4.58. The van der Waals surface area contributed by atoms with Crippen molar-refractivity contribution in [2.45, 2.75) is 19.3 Å². The maximum atomic E-state index is 12.1. The normalized spacial score (nSPS) is 43.9. The van der Waals surface area contributed by atoms with Crippen molar-refractivity contribution >= 4 is 11.6 Å². The van der Waals surface area contributed by atoms with Crippen LogP contribution in [0.15, 0.2) is 12.0 Å². The largest absolute Gasteiger partial charge is 0.505 e. The Balaban J connectivity index is 2.01. The number of carbonyl (C=O) groups excluding carboxylic acids is 2. The van der Waals surface area contributed by atoms with Crippen LogP contribution in [0.2, 0.25) is 0 Å². The van der Waals surface area contributed by atoms with Gasteiger partial charge in [0, 0.05) is 29.6 Å². The van der Waals surface area contributed by atoms with Gasteiger partial charge in [-0.1, -0.05) is 0 Å². The SMILES string of the molecule is N#[N+]/C=C(/O)C1C2CC3CC(CC1C3=O)C2=O. The summed E-state index contributed by atoms with van der Waals surface area (Å²) in [7, 11) is 0. The van der Waals surface area contributed by atoms with Crippen LogP contribution in [0.5, 0.6) is 0 Å². The van der Waals surface area contributed by atoms with E-state index in [1.165, 1.54) is 0 Å². The van der Waals surface area contributed by atoms with Gasteiger partial charge in [0.25, 0.3) is 0 Å². The molecule has 0 aromatic carbocycles. The van der Waals surface area contributed by atoms with Gasteiger partial charge in [-0.2, -0.15) is 0 Å². The van der Waals surface area contributed by atoms with Crippen molar-refractivity contribution in [2.24, 2.45) is 29.6 Å². The maximum absolute atomic E-state index is 12.1. The van der Waals surface area contributed by atoms with Crippen LogP contribution in [0.3, 0.4) is 0 Å². The highest BCUT2D eigenvalue weighted by atomic mass is 16.3. The molecule has 4 unspecified atom stereocenters. The molecule has 4 fully saturated rings. The molecule has 88 valence electrons. The van der Waals surface area contributed by atoms with Crippen molar-refractivity contribution in [3.05, 3.63) is 16.9 Å². The molecular formula is C12H13N2O3+. The summed E-state index contributed by atoms with van der Waals surface area (Å²) in [6, 6.07) is 0. The van der Waals surface area contributed by atoms with Crippen molar-refractivity contribution in [1.82, 2.24) is 0 Å². The van der Waals surface area contributed by atoms with Gasteiger partial charge in [0.15, 0.2) is 10.7 Å². The van der Waals surface area contributed by atoms with E-state index >= 15 is 0 Å². The first-order valence-corrected chi connectivity index (χ1v) is 5.94. The Hall–Kier alpha value is -1.70. The first-order valence-electron chi connectivity index (χ1n) is 5.94. The third kappa shape index (κ3) is 1.27. The van der Waals surface area contributed by atoms with Crippen LogP contribution in [0.25, 0.3) is 4.98 Å². The Bertz CT molecular complexity index is 449. The lowest BCUT2D eigenvalue weighted by Gasteiger charge is -2.51. The molecule has 0 saturated heterocycles. The molecule has 4 aliphatic carbocycles. The molecule has 0 aromatic heterocycles. The van der Waals surface area contributed by atoms with E-state index in [9.17, 15) is 14.7 Å². The minimum Gasteiger partial charge on any atom is -0.505 e. The summed E-state index contributed by atoms with van der Waals surface area (Å²) in [6.45, 7) is 0. The number of aliphatic hydroxyl groups is 1. The molecule has 4 atom stereocenters. The van der Waals surface area contributed by atoms with E-state index in [2.05, 4.69) is 4.98 Å². The van der Waals surface area contributed by atoms with Crippen molar-refractivity contribution in [1.29, 1.82) is 5.39 Å². The number of Topliss-reactive ketones (excluding diaryl/α,β-unsaturated/α-hetero) is 2. The van der Waals surface area contributed by atoms with Crippen molar-refractivity contribution < 1.29 is 14.7 Å². The van der Waals surface area contributed by atoms with Gasteiger partial charge in [0.1, 0.15) is 11.6 Å². The van der Waals surface area contributed by atoms with Crippen molar-refractivity contribution in [2.75, 3.05) is 0 Å². The van der Waals surface area contributed by atoms with Crippen LogP contribution in [0, 0.1) is 35.0 Å². The van der Waals surface area contributed by atoms with E-state index < -0.39 is 5.92 Å². The Labute approximate surface area is 98.1 Å². The summed E-state index contributed by atoms with van der Waals surface area (Å²) < 4.78 is 0. The number of ketones is 2. The van der Waals surface area contributed by atoms with Crippen LogP contribution in [0.4, 0.5) is 0 Å². The number of hydrogen-bond acceptors (Lipinski definition) is 4. The average molecular weight is 233 g/mol. The summed E-state index contributed by atoms with van der Waals surface area (Å²) in [5.41, 5.74) is 0. The van der Waals surface area contributed by atoms with Crippen LogP contribution >= 0.6 is 0 Å². The summed E-state index contributed by atoms with van der Waals surface area (Å²) >= 11 is 0. The molecule has 4 rings (SSSR count). The Morgan fingerprint density at radius 2 is 1.71 bits per heavy atom. The zero-order chi connectivity index (χ0) is 12.2. The second-order valence-electron chi connectivity index (χ2n) is 5.31. The molecule has 4 aliphatic rings. The molecule has 5 heteroatoms. The molecule has 0 aromatic rings. The number of nitrogens with zero attached hydrogens (tertiary/aromatic N) is 2. The molecule has 1 N–H and O–H groups in total. The smallest absolute Gasteiger partial charge is 0.387 e. The van der Waals surface area contributed by atoms with E-state index in [-0.39, 0.29) is 41.0 Å². The number of hydrogen-bond donors (Lipinski definition) is 1. The minimum atomic E-state index is -0.460. The van der Waals surface area contributed by atoms with Gasteiger partial charge in [0.05, 0.1) is 0 Å². The predicted molar refractivity (Wildman–Crippen MR) is 57.1 cm³/mol. The Morgan fingerprint density at radius 1 is 1.18 bits per heavy atom. The molecule has 0 spiro atoms. The lowest BCUT2D eigenvalue weighted by molar-refractivity contribution is -0.157. The summed E-state index contributed by atoms with van der Waals surface area (Å²) in [5.74, 6) is -0.739. The number of allylic oxidation sites excluding steroid dienone is 1. The van der Waals surface area contributed by atoms with E-state index in [1.807, 2.05) is 0 Å². The number of aliphatic hydroxyl groups excluding tert-OH is 1. The molecule has 5 nitrogen and oxygen atoms in total. The zero-order valence-electron chi connectivity index (χ0n) is 9.24. The monoisotopic (exact) mass is 233 g/mol. The van der Waals surface area contributed by atoms with Crippen LogP contribution in [0.1, 0.15) is 19.3 Å². The quantitative estimate of drug-likeness (QED) is 0.551. The molecule has 4 bridgehead atoms. The second-order valence-corrected chi connectivity index (χ2v) is 5.31. The lowest BCUT2D eigenvalue weighted by atomic mass is 9.50. The molecule has 0 heterocycles. The summed E-state index contributed by atoms with van der Waals surface area (Å²) in [5, 5.41) is 18.3. The van der Waals surface area contributed by atoms with E-state index in [0.29, 0.717) is 19.3 Å². The van der Waals surface area contributed by atoms with E-state index in [4.69, 9.17) is 5.39 Å². The molecule has 0 radical (unpaired) electrons. The van der Waals surface area contributed by atoms with Crippen molar-refractivity contribution in [3.63, 3.8) is 0 Å². The summed E-state index contributed by atoms with van der Waals surface area (Å²) in [4.78, 5) is 26.9. The highest BCUT2D eigenvalue weighted by molar-refractivity contribution is 5.96. The first-order chi connectivity index (χ1) is 8.13. The summed E-state index contributed by atoms with van der Waals surface area (Å²) in [6.07, 6.45) is 2.75. The fourth-order valence-electron chi connectivity index (χ4n) is 3.94. The highest BCUT2D eigenvalue weighted by Crippen LogP contribution is 2.54. The van der Waals surface area contributed by atoms with Gasteiger partial charge in [-0.3, -0.25) is 9.59 Å². The predicted octanol–water partition coefficient (Wildman–Crippen LogP) is 1.67. The first kappa shape index (κ1) is 10.5. The fraction of sp³-hybridized carbons (Fsp3) is 0.667. The Morgan fingerprint density at radius 3 is 2.18 bits per heavy atom. The van der Waals surface area contributed by atoms with Crippen LogP contribution < -0.4 is 0 Å². The number of carbonyl (C=O) groups is 2. The van der Waals surface area contributed by atoms with Gasteiger partial charge in [-0.15, -0.1) is 0 Å². The van der Waals surface area contributed by atoms with Gasteiger partial charge < -0.3 is 5.11 Å². The molecule has 0 aliphatic heterocycles. The second kappa shape index (κ2) is 3.39. The highest BCUT2D eigenvalue weighted by Gasteiger charge is 2.58.